The zero-order valence-corrected chi connectivity index (χ0v) is 13.5. The summed E-state index contributed by atoms with van der Waals surface area (Å²) < 4.78 is 27.2. The molecular formula is C13H24N2O2S2. The lowest BCUT2D eigenvalue weighted by Gasteiger charge is -2.06. The molecule has 0 aliphatic rings. The third kappa shape index (κ3) is 6.03. The average Bonchev–Trinajstić information content (AvgIpc) is 2.81. The van der Waals surface area contributed by atoms with Gasteiger partial charge in [-0.3, -0.25) is 0 Å². The van der Waals surface area contributed by atoms with Crippen LogP contribution in [-0.4, -0.2) is 28.6 Å². The van der Waals surface area contributed by atoms with Crippen LogP contribution in [0.15, 0.2) is 16.3 Å². The lowest BCUT2D eigenvalue weighted by molar-refractivity contribution is 0.540. The second-order valence-electron chi connectivity index (χ2n) is 5.01. The Kier molecular flexibility index (Phi) is 6.99. The van der Waals surface area contributed by atoms with Gasteiger partial charge in [0.25, 0.3) is 0 Å². The highest BCUT2D eigenvalue weighted by Crippen LogP contribution is 2.21. The maximum Gasteiger partial charge on any atom is 0.250 e. The minimum Gasteiger partial charge on any atom is -0.319 e. The Morgan fingerprint density at radius 1 is 1.26 bits per heavy atom. The topological polar surface area (TPSA) is 58.2 Å². The minimum absolute atomic E-state index is 0.420. The van der Waals surface area contributed by atoms with E-state index in [9.17, 15) is 8.42 Å². The van der Waals surface area contributed by atoms with Gasteiger partial charge in [0.1, 0.15) is 4.21 Å². The molecule has 110 valence electrons. The molecule has 0 saturated carbocycles. The summed E-state index contributed by atoms with van der Waals surface area (Å²) >= 11 is 1.35. The van der Waals surface area contributed by atoms with Crippen molar-refractivity contribution < 1.29 is 8.42 Å². The number of thiophene rings is 1. The van der Waals surface area contributed by atoms with Crippen molar-refractivity contribution in [2.75, 3.05) is 20.1 Å². The van der Waals surface area contributed by atoms with Crippen LogP contribution in [0, 0.1) is 5.92 Å². The quantitative estimate of drug-likeness (QED) is 0.688. The van der Waals surface area contributed by atoms with Crippen LogP contribution in [-0.2, 0) is 16.4 Å². The summed E-state index contributed by atoms with van der Waals surface area (Å²) in [7, 11) is -1.42. The van der Waals surface area contributed by atoms with E-state index in [1.807, 2.05) is 13.1 Å². The Hall–Kier alpha value is -0.430. The van der Waals surface area contributed by atoms with Crippen molar-refractivity contribution in [1.29, 1.82) is 0 Å². The van der Waals surface area contributed by atoms with E-state index >= 15 is 0 Å². The molecule has 0 aliphatic heterocycles. The van der Waals surface area contributed by atoms with Gasteiger partial charge in [0.05, 0.1) is 0 Å². The minimum atomic E-state index is -3.31. The van der Waals surface area contributed by atoms with Gasteiger partial charge >= 0.3 is 0 Å². The summed E-state index contributed by atoms with van der Waals surface area (Å²) in [6.07, 6.45) is 2.79. The number of nitrogens with one attached hydrogen (secondary N) is 2. The fourth-order valence-electron chi connectivity index (χ4n) is 1.67. The molecule has 2 N–H and O–H groups in total. The molecule has 0 fully saturated rings. The summed E-state index contributed by atoms with van der Waals surface area (Å²) in [5.41, 5.74) is 0. The van der Waals surface area contributed by atoms with Crippen LogP contribution in [0.3, 0.4) is 0 Å². The van der Waals surface area contributed by atoms with E-state index in [0.29, 0.717) is 16.7 Å². The van der Waals surface area contributed by atoms with Gasteiger partial charge in [-0.2, -0.15) is 0 Å². The Morgan fingerprint density at radius 2 is 2.00 bits per heavy atom. The third-order valence-electron chi connectivity index (χ3n) is 2.77. The highest BCUT2D eigenvalue weighted by molar-refractivity contribution is 7.91. The van der Waals surface area contributed by atoms with Gasteiger partial charge in [0.15, 0.2) is 0 Å². The molecule has 1 aromatic rings. The van der Waals surface area contributed by atoms with Crippen LogP contribution in [0.4, 0.5) is 0 Å². The van der Waals surface area contributed by atoms with Crippen LogP contribution in [0.1, 0.15) is 31.6 Å². The van der Waals surface area contributed by atoms with E-state index in [1.165, 1.54) is 11.3 Å². The average molecular weight is 304 g/mol. The van der Waals surface area contributed by atoms with Crippen LogP contribution in [0.25, 0.3) is 0 Å². The molecular weight excluding hydrogens is 280 g/mol. The lowest BCUT2D eigenvalue weighted by Crippen LogP contribution is -2.24. The largest absolute Gasteiger partial charge is 0.319 e. The monoisotopic (exact) mass is 304 g/mol. The van der Waals surface area contributed by atoms with Crippen molar-refractivity contribution in [3.05, 3.63) is 17.0 Å². The first kappa shape index (κ1) is 16.6. The molecule has 19 heavy (non-hydrogen) atoms. The summed E-state index contributed by atoms with van der Waals surface area (Å²) in [6.45, 7) is 5.66. The SMILES string of the molecule is CNCCc1ccc(S(=O)(=O)NCCCC(C)C)s1. The molecule has 0 radical (unpaired) electrons. The normalized spacial score (nSPS) is 12.2. The zero-order valence-electron chi connectivity index (χ0n) is 11.9. The third-order valence-corrected chi connectivity index (χ3v) is 5.87. The molecule has 0 amide bonds. The van der Waals surface area contributed by atoms with Gasteiger partial charge in [-0.15, -0.1) is 11.3 Å². The van der Waals surface area contributed by atoms with Crippen LogP contribution < -0.4 is 10.0 Å². The Labute approximate surface area is 120 Å². The summed E-state index contributed by atoms with van der Waals surface area (Å²) in [5, 5.41) is 3.06. The van der Waals surface area contributed by atoms with Crippen LogP contribution in [0.5, 0.6) is 0 Å². The van der Waals surface area contributed by atoms with E-state index in [-0.39, 0.29) is 0 Å². The van der Waals surface area contributed by atoms with Crippen molar-refractivity contribution in [2.24, 2.45) is 5.92 Å². The van der Waals surface area contributed by atoms with Gasteiger partial charge in [-0.05, 0) is 50.9 Å². The van der Waals surface area contributed by atoms with Crippen LogP contribution >= 0.6 is 11.3 Å². The predicted molar refractivity (Wildman–Crippen MR) is 81.2 cm³/mol. The van der Waals surface area contributed by atoms with E-state index in [2.05, 4.69) is 23.9 Å². The van der Waals surface area contributed by atoms with Gasteiger partial charge in [-0.25, -0.2) is 13.1 Å². The first-order chi connectivity index (χ1) is 8.95. The van der Waals surface area contributed by atoms with Gasteiger partial charge < -0.3 is 5.32 Å². The second kappa shape index (κ2) is 7.99. The highest BCUT2D eigenvalue weighted by Gasteiger charge is 2.15. The van der Waals surface area contributed by atoms with E-state index in [4.69, 9.17) is 0 Å². The molecule has 4 nitrogen and oxygen atoms in total. The van der Waals surface area contributed by atoms with Crippen molar-refractivity contribution in [1.82, 2.24) is 10.0 Å². The molecule has 1 rings (SSSR count). The van der Waals surface area contributed by atoms with Crippen molar-refractivity contribution in [2.45, 2.75) is 37.3 Å². The Balaban J connectivity index is 2.50. The van der Waals surface area contributed by atoms with Crippen molar-refractivity contribution in [3.8, 4) is 0 Å². The van der Waals surface area contributed by atoms with E-state index in [1.54, 1.807) is 6.07 Å². The summed E-state index contributed by atoms with van der Waals surface area (Å²) in [4.78, 5) is 1.09. The number of rotatable bonds is 9. The molecule has 0 aromatic carbocycles. The number of sulfonamides is 1. The predicted octanol–water partition coefficient (Wildman–Crippen LogP) is 2.22. The number of hydrogen-bond acceptors (Lipinski definition) is 4. The van der Waals surface area contributed by atoms with Crippen molar-refractivity contribution >= 4 is 21.4 Å². The van der Waals surface area contributed by atoms with Crippen LogP contribution in [0.2, 0.25) is 0 Å². The van der Waals surface area contributed by atoms with Crippen molar-refractivity contribution in [3.63, 3.8) is 0 Å². The zero-order chi connectivity index (χ0) is 14.3. The highest BCUT2D eigenvalue weighted by atomic mass is 32.2. The van der Waals surface area contributed by atoms with Gasteiger partial charge in [0.2, 0.25) is 10.0 Å². The molecule has 1 aromatic heterocycles. The molecule has 0 bridgehead atoms. The molecule has 0 atom stereocenters. The molecule has 0 saturated heterocycles. The molecule has 0 aliphatic carbocycles. The molecule has 0 unspecified atom stereocenters. The first-order valence-corrected chi connectivity index (χ1v) is 8.98. The summed E-state index contributed by atoms with van der Waals surface area (Å²) in [6, 6.07) is 3.59. The van der Waals surface area contributed by atoms with Gasteiger partial charge in [0, 0.05) is 11.4 Å². The fourth-order valence-corrected chi connectivity index (χ4v) is 4.15. The molecule has 0 spiro atoms. The lowest BCUT2D eigenvalue weighted by atomic mass is 10.1. The fraction of sp³-hybridized carbons (Fsp3) is 0.692. The number of hydrogen-bond donors (Lipinski definition) is 2. The maximum absolute atomic E-state index is 12.0. The summed E-state index contributed by atoms with van der Waals surface area (Å²) in [5.74, 6) is 0.611. The standard InChI is InChI=1S/C13H24N2O2S2/c1-11(2)5-4-9-15-19(16,17)13-7-6-12(18-13)8-10-14-3/h6-7,11,14-15H,4-5,8-10H2,1-3H3. The molecule has 6 heteroatoms. The van der Waals surface area contributed by atoms with E-state index < -0.39 is 10.0 Å². The second-order valence-corrected chi connectivity index (χ2v) is 8.17. The first-order valence-electron chi connectivity index (χ1n) is 6.68. The Bertz CT molecular complexity index is 467. The van der Waals surface area contributed by atoms with Gasteiger partial charge in [-0.1, -0.05) is 13.8 Å². The number of likely N-dealkylation sites (N-methyl/N-ethyl adjacent to an activating group) is 1. The maximum atomic E-state index is 12.0. The smallest absolute Gasteiger partial charge is 0.250 e. The Morgan fingerprint density at radius 3 is 2.63 bits per heavy atom. The van der Waals surface area contributed by atoms with E-state index in [0.717, 1.165) is 30.7 Å². The molecule has 1 heterocycles.